The molecule has 0 heterocycles. The number of hydrogen-bond acceptors (Lipinski definition) is 2. The molecule has 2 aromatic rings. The predicted molar refractivity (Wildman–Crippen MR) is 97.4 cm³/mol. The van der Waals surface area contributed by atoms with Gasteiger partial charge in [-0.15, -0.1) is 0 Å². The number of carbonyl (C=O) groups is 1. The van der Waals surface area contributed by atoms with E-state index in [0.717, 1.165) is 8.95 Å². The van der Waals surface area contributed by atoms with Crippen molar-refractivity contribution in [3.63, 3.8) is 0 Å². The van der Waals surface area contributed by atoms with Gasteiger partial charge in [-0.3, -0.25) is 4.79 Å². The third-order valence-electron chi connectivity index (χ3n) is 2.54. The smallest absolute Gasteiger partial charge is 0.262 e. The minimum Gasteiger partial charge on any atom is -0.481 e. The first-order valence-corrected chi connectivity index (χ1v) is 8.61. The first-order chi connectivity index (χ1) is 10.4. The zero-order chi connectivity index (χ0) is 16.3. The van der Waals surface area contributed by atoms with Gasteiger partial charge in [0.2, 0.25) is 0 Å². The molecule has 0 fully saturated rings. The molecule has 2 rings (SSSR count). The molecule has 0 radical (unpaired) electrons. The average molecular weight is 488 g/mol. The van der Waals surface area contributed by atoms with Crippen molar-refractivity contribution in [2.24, 2.45) is 0 Å². The third kappa shape index (κ3) is 4.52. The van der Waals surface area contributed by atoms with E-state index in [1.807, 2.05) is 18.2 Å². The van der Waals surface area contributed by atoms with E-state index in [9.17, 15) is 4.79 Å². The van der Waals surface area contributed by atoms with Crippen molar-refractivity contribution in [3.8, 4) is 5.75 Å². The van der Waals surface area contributed by atoms with Gasteiger partial charge in [-0.05, 0) is 56.1 Å². The fourth-order valence-corrected chi connectivity index (χ4v) is 3.73. The van der Waals surface area contributed by atoms with Gasteiger partial charge in [0, 0.05) is 5.02 Å². The van der Waals surface area contributed by atoms with Crippen molar-refractivity contribution in [3.05, 3.63) is 54.3 Å². The lowest BCUT2D eigenvalue weighted by molar-refractivity contribution is -0.118. The van der Waals surface area contributed by atoms with Gasteiger partial charge in [-0.1, -0.05) is 40.9 Å². The Bertz CT molecular complexity index is 682. The summed E-state index contributed by atoms with van der Waals surface area (Å²) in [6.45, 7) is -0.198. The first-order valence-electron chi connectivity index (χ1n) is 5.89. The maximum Gasteiger partial charge on any atom is 0.262 e. The van der Waals surface area contributed by atoms with Gasteiger partial charge in [0.05, 0.1) is 24.7 Å². The maximum absolute atomic E-state index is 12.0. The zero-order valence-electron chi connectivity index (χ0n) is 10.8. The molecular formula is C14H8Br2Cl3NO2. The summed E-state index contributed by atoms with van der Waals surface area (Å²) in [4.78, 5) is 12.0. The molecule has 22 heavy (non-hydrogen) atoms. The number of ether oxygens (including phenoxy) is 1. The summed E-state index contributed by atoms with van der Waals surface area (Å²) in [5, 5.41) is 3.50. The Balaban J connectivity index is 2.05. The lowest BCUT2D eigenvalue weighted by Crippen LogP contribution is -2.20. The van der Waals surface area contributed by atoms with Gasteiger partial charge < -0.3 is 10.1 Å². The van der Waals surface area contributed by atoms with Crippen LogP contribution in [0.5, 0.6) is 5.75 Å². The summed E-state index contributed by atoms with van der Waals surface area (Å²) in [5.41, 5.74) is 0.299. The highest BCUT2D eigenvalue weighted by Gasteiger charge is 2.13. The van der Waals surface area contributed by atoms with Gasteiger partial charge >= 0.3 is 0 Å². The lowest BCUT2D eigenvalue weighted by atomic mass is 10.3. The minimum absolute atomic E-state index is 0.198. The second-order valence-electron chi connectivity index (χ2n) is 4.13. The summed E-state index contributed by atoms with van der Waals surface area (Å²) in [5.74, 6) is 0.139. The molecule has 8 heteroatoms. The first kappa shape index (κ1) is 17.9. The van der Waals surface area contributed by atoms with Crippen LogP contribution in [-0.2, 0) is 4.79 Å². The number of benzene rings is 2. The van der Waals surface area contributed by atoms with E-state index in [2.05, 4.69) is 37.2 Å². The van der Waals surface area contributed by atoms with E-state index in [1.165, 1.54) is 12.1 Å². The van der Waals surface area contributed by atoms with Crippen LogP contribution >= 0.6 is 66.7 Å². The number of hydrogen-bond donors (Lipinski definition) is 1. The van der Waals surface area contributed by atoms with Crippen molar-refractivity contribution in [1.82, 2.24) is 0 Å². The van der Waals surface area contributed by atoms with Crippen molar-refractivity contribution >= 4 is 78.3 Å². The van der Waals surface area contributed by atoms with E-state index in [1.54, 1.807) is 0 Å². The molecule has 0 aliphatic carbocycles. The highest BCUT2D eigenvalue weighted by molar-refractivity contribution is 9.11. The molecule has 0 spiro atoms. The van der Waals surface area contributed by atoms with Crippen molar-refractivity contribution in [1.29, 1.82) is 0 Å². The summed E-state index contributed by atoms with van der Waals surface area (Å²) < 4.78 is 6.95. The number of nitrogens with one attached hydrogen (secondary N) is 1. The van der Waals surface area contributed by atoms with Crippen LogP contribution in [0.2, 0.25) is 15.1 Å². The minimum atomic E-state index is -0.395. The Kier molecular flexibility index (Phi) is 6.41. The van der Waals surface area contributed by atoms with Gasteiger partial charge in [0.25, 0.3) is 5.91 Å². The number of anilines is 1. The van der Waals surface area contributed by atoms with Crippen LogP contribution in [0.3, 0.4) is 0 Å². The SMILES string of the molecule is O=C(COc1c(Br)cccc1Br)Nc1c(Cl)cc(Cl)cc1Cl. The van der Waals surface area contributed by atoms with Crippen LogP contribution in [0.4, 0.5) is 5.69 Å². The van der Waals surface area contributed by atoms with Crippen LogP contribution in [-0.4, -0.2) is 12.5 Å². The van der Waals surface area contributed by atoms with E-state index in [-0.39, 0.29) is 16.7 Å². The molecule has 0 saturated carbocycles. The van der Waals surface area contributed by atoms with Gasteiger partial charge in [-0.2, -0.15) is 0 Å². The van der Waals surface area contributed by atoms with Crippen molar-refractivity contribution < 1.29 is 9.53 Å². The summed E-state index contributed by atoms with van der Waals surface area (Å²) >= 11 is 24.5. The topological polar surface area (TPSA) is 38.3 Å². The van der Waals surface area contributed by atoms with Crippen LogP contribution in [0.15, 0.2) is 39.3 Å². The molecular weight excluding hydrogens is 480 g/mol. The molecule has 0 aliphatic rings. The number of para-hydroxylation sites is 1. The summed E-state index contributed by atoms with van der Waals surface area (Å²) in [7, 11) is 0. The second kappa shape index (κ2) is 7.88. The molecule has 3 nitrogen and oxygen atoms in total. The predicted octanol–water partition coefficient (Wildman–Crippen LogP) is 6.19. The van der Waals surface area contributed by atoms with Gasteiger partial charge in [-0.25, -0.2) is 0 Å². The van der Waals surface area contributed by atoms with E-state index < -0.39 is 5.91 Å². The third-order valence-corrected chi connectivity index (χ3v) is 4.60. The fraction of sp³-hybridized carbons (Fsp3) is 0.0714. The Morgan fingerprint density at radius 3 is 2.18 bits per heavy atom. The Hall–Kier alpha value is -0.460. The van der Waals surface area contributed by atoms with Crippen LogP contribution in [0.25, 0.3) is 0 Å². The summed E-state index contributed by atoms with van der Waals surface area (Å²) in [6, 6.07) is 8.45. The average Bonchev–Trinajstić information content (AvgIpc) is 2.42. The summed E-state index contributed by atoms with van der Waals surface area (Å²) in [6.07, 6.45) is 0. The molecule has 1 amide bonds. The molecule has 0 aliphatic heterocycles. The monoisotopic (exact) mass is 485 g/mol. The van der Waals surface area contributed by atoms with E-state index in [4.69, 9.17) is 39.5 Å². The second-order valence-corrected chi connectivity index (χ2v) is 7.09. The molecule has 116 valence electrons. The highest BCUT2D eigenvalue weighted by Crippen LogP contribution is 2.34. The van der Waals surface area contributed by atoms with Crippen LogP contribution < -0.4 is 10.1 Å². The van der Waals surface area contributed by atoms with Gasteiger partial charge in [0.1, 0.15) is 5.75 Å². The molecule has 0 saturated heterocycles. The zero-order valence-corrected chi connectivity index (χ0v) is 16.2. The fourth-order valence-electron chi connectivity index (χ4n) is 1.60. The highest BCUT2D eigenvalue weighted by atomic mass is 79.9. The molecule has 2 aromatic carbocycles. The molecule has 0 atom stereocenters. The van der Waals surface area contributed by atoms with Gasteiger partial charge in [0.15, 0.2) is 6.61 Å². The molecule has 0 aromatic heterocycles. The quantitative estimate of drug-likeness (QED) is 0.558. The largest absolute Gasteiger partial charge is 0.481 e. The van der Waals surface area contributed by atoms with Crippen molar-refractivity contribution in [2.75, 3.05) is 11.9 Å². The van der Waals surface area contributed by atoms with Crippen LogP contribution in [0, 0.1) is 0 Å². The number of halogens is 5. The number of amides is 1. The van der Waals surface area contributed by atoms with Crippen LogP contribution in [0.1, 0.15) is 0 Å². The van der Waals surface area contributed by atoms with E-state index in [0.29, 0.717) is 16.5 Å². The number of rotatable bonds is 4. The standard InChI is InChI=1S/C14H8Br2Cl3NO2/c15-8-2-1-3-9(16)14(8)22-6-12(21)20-13-10(18)4-7(17)5-11(13)19/h1-5H,6H2,(H,20,21). The van der Waals surface area contributed by atoms with E-state index >= 15 is 0 Å². The molecule has 0 unspecified atom stereocenters. The number of carbonyl (C=O) groups excluding carboxylic acids is 1. The normalized spacial score (nSPS) is 10.4. The lowest BCUT2D eigenvalue weighted by Gasteiger charge is -2.12. The Morgan fingerprint density at radius 2 is 1.64 bits per heavy atom. The Morgan fingerprint density at radius 1 is 1.09 bits per heavy atom. The Labute approximate surface area is 159 Å². The molecule has 0 bridgehead atoms. The van der Waals surface area contributed by atoms with Crippen molar-refractivity contribution in [2.45, 2.75) is 0 Å². The molecule has 1 N–H and O–H groups in total. The maximum atomic E-state index is 12.0.